The van der Waals surface area contributed by atoms with Crippen LogP contribution in [0.5, 0.6) is 0 Å². The van der Waals surface area contributed by atoms with E-state index in [9.17, 15) is 14.4 Å². The normalized spacial score (nSPS) is 11.6. The van der Waals surface area contributed by atoms with E-state index < -0.39 is 22.8 Å². The SMILES string of the molecule is Nc1nnc2[nH]c(=O)c(C(C(=O)c3cccs3)c3nn4c(N)nnc4[nH]c3=O)nn12. The summed E-state index contributed by atoms with van der Waals surface area (Å²) in [6.07, 6.45) is 0. The van der Waals surface area contributed by atoms with Crippen LogP contribution in [0, 0.1) is 0 Å². The number of H-pyrrole nitrogens is 2. The van der Waals surface area contributed by atoms with Crippen LogP contribution in [0.4, 0.5) is 11.9 Å². The number of hydrogen-bond donors (Lipinski definition) is 4. The minimum atomic E-state index is -1.48. The third-order valence-electron chi connectivity index (χ3n) is 4.23. The summed E-state index contributed by atoms with van der Waals surface area (Å²) in [7, 11) is 0. The molecule has 0 bridgehead atoms. The maximum Gasteiger partial charge on any atom is 0.275 e. The smallest absolute Gasteiger partial charge is 0.275 e. The van der Waals surface area contributed by atoms with Crippen molar-refractivity contribution in [1.29, 1.82) is 0 Å². The zero-order valence-corrected chi connectivity index (χ0v) is 15.5. The number of aromatic amines is 2. The van der Waals surface area contributed by atoms with Crippen molar-refractivity contribution in [3.63, 3.8) is 0 Å². The van der Waals surface area contributed by atoms with Gasteiger partial charge >= 0.3 is 0 Å². The highest BCUT2D eigenvalue weighted by Gasteiger charge is 2.34. The summed E-state index contributed by atoms with van der Waals surface area (Å²) in [6, 6.07) is 3.21. The van der Waals surface area contributed by atoms with Gasteiger partial charge in [-0.1, -0.05) is 6.07 Å². The summed E-state index contributed by atoms with van der Waals surface area (Å²) in [4.78, 5) is 44.0. The lowest BCUT2D eigenvalue weighted by Crippen LogP contribution is -2.32. The molecule has 150 valence electrons. The number of nitrogens with one attached hydrogen (secondary N) is 2. The first-order chi connectivity index (χ1) is 14.4. The molecule has 5 rings (SSSR count). The largest absolute Gasteiger partial charge is 0.366 e. The van der Waals surface area contributed by atoms with E-state index in [4.69, 9.17) is 11.5 Å². The topological polar surface area (TPSA) is 221 Å². The Kier molecular flexibility index (Phi) is 3.68. The molecule has 0 aromatic carbocycles. The van der Waals surface area contributed by atoms with Gasteiger partial charge in [0.05, 0.1) is 4.88 Å². The van der Waals surface area contributed by atoms with Crippen LogP contribution in [-0.4, -0.2) is 55.4 Å². The van der Waals surface area contributed by atoms with Gasteiger partial charge in [-0.25, -0.2) is 0 Å². The van der Waals surface area contributed by atoms with Crippen LogP contribution in [0.15, 0.2) is 27.1 Å². The van der Waals surface area contributed by atoms with Crippen molar-refractivity contribution in [2.45, 2.75) is 5.92 Å². The maximum atomic E-state index is 13.3. The lowest BCUT2D eigenvalue weighted by atomic mass is 9.95. The summed E-state index contributed by atoms with van der Waals surface area (Å²) in [5.41, 5.74) is 9.26. The molecule has 0 amide bonds. The Labute approximate surface area is 167 Å². The van der Waals surface area contributed by atoms with Crippen molar-refractivity contribution in [3.05, 3.63) is 54.5 Å². The molecule has 0 unspecified atom stereocenters. The third kappa shape index (κ3) is 2.54. The second-order valence-electron chi connectivity index (χ2n) is 6.04. The number of thiophene rings is 1. The molecule has 0 aliphatic rings. The number of hydrogen-bond acceptors (Lipinski definition) is 12. The zero-order chi connectivity index (χ0) is 21.0. The second-order valence-corrected chi connectivity index (χ2v) is 6.99. The molecule has 0 atom stereocenters. The van der Waals surface area contributed by atoms with Crippen molar-refractivity contribution in [2.75, 3.05) is 11.5 Å². The van der Waals surface area contributed by atoms with Crippen LogP contribution in [-0.2, 0) is 0 Å². The molecule has 16 heteroatoms. The van der Waals surface area contributed by atoms with E-state index in [-0.39, 0.29) is 39.7 Å². The first-order valence-electron chi connectivity index (χ1n) is 8.24. The molecule has 0 saturated carbocycles. The fourth-order valence-corrected chi connectivity index (χ4v) is 3.59. The van der Waals surface area contributed by atoms with Gasteiger partial charge in [0, 0.05) is 0 Å². The Bertz CT molecular complexity index is 1450. The minimum Gasteiger partial charge on any atom is -0.366 e. The molecule has 0 aliphatic heterocycles. The average Bonchev–Trinajstić information content (AvgIpc) is 3.45. The van der Waals surface area contributed by atoms with E-state index in [2.05, 4.69) is 40.6 Å². The molecule has 0 saturated heterocycles. The number of nitrogens with two attached hydrogens (primary N) is 2. The van der Waals surface area contributed by atoms with Gasteiger partial charge in [-0.3, -0.25) is 24.4 Å². The van der Waals surface area contributed by atoms with Crippen LogP contribution in [0.25, 0.3) is 11.6 Å². The molecule has 5 aromatic heterocycles. The number of rotatable bonds is 4. The van der Waals surface area contributed by atoms with Crippen molar-refractivity contribution in [1.82, 2.24) is 49.6 Å². The Hall–Kier alpha value is -4.47. The lowest BCUT2D eigenvalue weighted by molar-refractivity contribution is 0.0973. The molecule has 5 aromatic rings. The molecule has 0 radical (unpaired) electrons. The van der Waals surface area contributed by atoms with Crippen molar-refractivity contribution >= 4 is 40.6 Å². The number of nitrogens with zero attached hydrogens (tertiary/aromatic N) is 8. The van der Waals surface area contributed by atoms with Crippen LogP contribution in [0.2, 0.25) is 0 Å². The van der Waals surface area contributed by atoms with Gasteiger partial charge in [-0.05, 0) is 11.4 Å². The number of anilines is 2. The summed E-state index contributed by atoms with van der Waals surface area (Å²) in [6.45, 7) is 0. The molecule has 0 fully saturated rings. The van der Waals surface area contributed by atoms with E-state index in [1.807, 2.05) is 0 Å². The van der Waals surface area contributed by atoms with Gasteiger partial charge in [0.15, 0.2) is 5.78 Å². The molecule has 15 nitrogen and oxygen atoms in total. The summed E-state index contributed by atoms with van der Waals surface area (Å²) in [5, 5.41) is 24.5. The number of fused-ring (bicyclic) bond motifs is 2. The van der Waals surface area contributed by atoms with E-state index in [1.54, 1.807) is 17.5 Å². The van der Waals surface area contributed by atoms with Gasteiger partial charge in [0.1, 0.15) is 17.3 Å². The predicted molar refractivity (Wildman–Crippen MR) is 102 cm³/mol. The van der Waals surface area contributed by atoms with E-state index in [0.29, 0.717) is 0 Å². The summed E-state index contributed by atoms with van der Waals surface area (Å²) in [5.74, 6) is -2.34. The Balaban J connectivity index is 1.82. The third-order valence-corrected chi connectivity index (χ3v) is 5.12. The van der Waals surface area contributed by atoms with Gasteiger partial charge in [-0.15, -0.1) is 31.7 Å². The Morgan fingerprint density at radius 3 is 1.93 bits per heavy atom. The Morgan fingerprint density at radius 1 is 0.933 bits per heavy atom. The molecule has 6 N–H and O–H groups in total. The van der Waals surface area contributed by atoms with Crippen LogP contribution in [0.1, 0.15) is 27.0 Å². The average molecular weight is 426 g/mol. The summed E-state index contributed by atoms with van der Waals surface area (Å²) >= 11 is 1.14. The second kappa shape index (κ2) is 6.27. The van der Waals surface area contributed by atoms with Crippen molar-refractivity contribution in [3.8, 4) is 0 Å². The van der Waals surface area contributed by atoms with Crippen LogP contribution in [0.3, 0.4) is 0 Å². The molecule has 30 heavy (non-hydrogen) atoms. The van der Waals surface area contributed by atoms with Gasteiger partial charge in [0.25, 0.3) is 22.7 Å². The first kappa shape index (κ1) is 17.6. The van der Waals surface area contributed by atoms with Crippen LogP contribution < -0.4 is 22.6 Å². The minimum absolute atomic E-state index is 0.0241. The Morgan fingerprint density at radius 2 is 1.47 bits per heavy atom. The van der Waals surface area contributed by atoms with E-state index in [0.717, 1.165) is 20.4 Å². The fourth-order valence-electron chi connectivity index (χ4n) is 2.89. The van der Waals surface area contributed by atoms with Crippen molar-refractivity contribution < 1.29 is 4.79 Å². The molecule has 0 spiro atoms. The van der Waals surface area contributed by atoms with E-state index in [1.165, 1.54) is 0 Å². The number of aromatic nitrogens is 10. The highest BCUT2D eigenvalue weighted by Crippen LogP contribution is 2.24. The highest BCUT2D eigenvalue weighted by molar-refractivity contribution is 7.12. The number of nitrogen functional groups attached to an aromatic ring is 2. The number of Topliss-reactive ketones (excluding diaryl/α,β-unsaturated/α-hetero) is 1. The molecule has 5 heterocycles. The van der Waals surface area contributed by atoms with Gasteiger partial charge in [0.2, 0.25) is 11.9 Å². The monoisotopic (exact) mass is 426 g/mol. The molecule has 0 aliphatic carbocycles. The molecular formula is C14H10N12O3S. The number of carbonyl (C=O) groups is 1. The summed E-state index contributed by atoms with van der Waals surface area (Å²) < 4.78 is 2.09. The quantitative estimate of drug-likeness (QED) is 0.234. The predicted octanol–water partition coefficient (Wildman–Crippen LogP) is -1.82. The number of ketones is 1. The fraction of sp³-hybridized carbons (Fsp3) is 0.0714. The highest BCUT2D eigenvalue weighted by atomic mass is 32.1. The lowest BCUT2D eigenvalue weighted by Gasteiger charge is -2.13. The molecular weight excluding hydrogens is 416 g/mol. The van der Waals surface area contributed by atoms with Gasteiger partial charge < -0.3 is 11.5 Å². The maximum absolute atomic E-state index is 13.3. The van der Waals surface area contributed by atoms with E-state index >= 15 is 0 Å². The zero-order valence-electron chi connectivity index (χ0n) is 14.7. The van der Waals surface area contributed by atoms with Gasteiger partial charge in [-0.2, -0.15) is 19.2 Å². The number of carbonyl (C=O) groups excluding carboxylic acids is 1. The standard InChI is InChI=1S/C14H10N12O3S/c15-11-19-21-13-17-9(28)6(23-25(11)13)5(8(27)4-2-1-3-30-4)7-10(29)18-14-22-20-12(16)26(14)24-7/h1-3,5H,(H2,15,19)(H2,16,20)(H,17,21,28)(H,18,22,29). The first-order valence-corrected chi connectivity index (χ1v) is 9.12. The van der Waals surface area contributed by atoms with Crippen LogP contribution >= 0.6 is 11.3 Å². The van der Waals surface area contributed by atoms with Crippen molar-refractivity contribution in [2.24, 2.45) is 0 Å².